The van der Waals surface area contributed by atoms with Crippen LogP contribution < -0.4 is 10.9 Å². The molecule has 2 aromatic rings. The summed E-state index contributed by atoms with van der Waals surface area (Å²) in [5, 5.41) is 3.33. The van der Waals surface area contributed by atoms with Crippen LogP contribution in [0.25, 0.3) is 11.2 Å². The van der Waals surface area contributed by atoms with E-state index in [1.54, 1.807) is 11.8 Å². The van der Waals surface area contributed by atoms with Crippen molar-refractivity contribution in [1.29, 1.82) is 0 Å². The molecule has 1 aliphatic heterocycles. The van der Waals surface area contributed by atoms with E-state index in [1.165, 1.54) is 6.20 Å². The van der Waals surface area contributed by atoms with Crippen LogP contribution in [-0.2, 0) is 0 Å². The molecular weight excluding hydrogens is 296 g/mol. The Morgan fingerprint density at radius 3 is 2.64 bits per heavy atom. The predicted octanol–water partition coefficient (Wildman–Crippen LogP) is 2.61. The first-order valence-electron chi connectivity index (χ1n) is 7.71. The zero-order valence-corrected chi connectivity index (χ0v) is 14.1. The monoisotopic (exact) mass is 318 g/mol. The highest BCUT2D eigenvalue weighted by Gasteiger charge is 2.20. The van der Waals surface area contributed by atoms with E-state index in [1.807, 2.05) is 16.8 Å². The van der Waals surface area contributed by atoms with Crippen molar-refractivity contribution >= 4 is 22.9 Å². The molecule has 3 rings (SSSR count). The van der Waals surface area contributed by atoms with Gasteiger partial charge in [-0.25, -0.2) is 9.97 Å². The molecule has 0 spiro atoms. The summed E-state index contributed by atoms with van der Waals surface area (Å²) in [6.07, 6.45) is 5.20. The molecule has 22 heavy (non-hydrogen) atoms. The lowest BCUT2D eigenvalue weighted by Gasteiger charge is -2.25. The molecule has 5 nitrogen and oxygen atoms in total. The molecule has 1 fully saturated rings. The summed E-state index contributed by atoms with van der Waals surface area (Å²) in [4.78, 5) is 22.2. The van der Waals surface area contributed by atoms with E-state index in [0.29, 0.717) is 5.65 Å². The van der Waals surface area contributed by atoms with Crippen LogP contribution >= 0.6 is 11.8 Å². The lowest BCUT2D eigenvalue weighted by Crippen LogP contribution is -2.34. The van der Waals surface area contributed by atoms with Crippen LogP contribution in [0.2, 0.25) is 0 Å². The molecular formula is C16H22N4OS. The van der Waals surface area contributed by atoms with Crippen molar-refractivity contribution < 1.29 is 0 Å². The van der Waals surface area contributed by atoms with Crippen LogP contribution in [0.3, 0.4) is 0 Å². The molecule has 1 N–H and O–H groups in total. The minimum absolute atomic E-state index is 0.0527. The van der Waals surface area contributed by atoms with Crippen LogP contribution in [0.15, 0.2) is 28.2 Å². The van der Waals surface area contributed by atoms with Crippen molar-refractivity contribution in [2.75, 3.05) is 13.1 Å². The molecule has 0 unspecified atom stereocenters. The molecule has 1 saturated heterocycles. The maximum atomic E-state index is 12.3. The van der Waals surface area contributed by atoms with Gasteiger partial charge in [0.2, 0.25) is 0 Å². The number of piperidine rings is 1. The molecule has 0 aromatic carbocycles. The van der Waals surface area contributed by atoms with E-state index < -0.39 is 0 Å². The summed E-state index contributed by atoms with van der Waals surface area (Å²) < 4.78 is 1.95. The van der Waals surface area contributed by atoms with Crippen molar-refractivity contribution in [2.45, 2.75) is 49.3 Å². The van der Waals surface area contributed by atoms with Gasteiger partial charge in [-0.2, -0.15) is 0 Å². The van der Waals surface area contributed by atoms with Gasteiger partial charge in [0.05, 0.1) is 6.20 Å². The van der Waals surface area contributed by atoms with E-state index >= 15 is 0 Å². The topological polar surface area (TPSA) is 59.8 Å². The number of aromatic nitrogens is 3. The molecule has 0 amide bonds. The smallest absolute Gasteiger partial charge is 0.270 e. The third-order valence-corrected chi connectivity index (χ3v) is 4.77. The Bertz CT molecular complexity index is 729. The number of pyridine rings is 1. The van der Waals surface area contributed by atoms with Gasteiger partial charge in [0.15, 0.2) is 5.65 Å². The van der Waals surface area contributed by atoms with E-state index in [0.717, 1.165) is 36.3 Å². The van der Waals surface area contributed by atoms with Crippen molar-refractivity contribution in [2.24, 2.45) is 0 Å². The van der Waals surface area contributed by atoms with Gasteiger partial charge in [0.25, 0.3) is 5.56 Å². The van der Waals surface area contributed by atoms with E-state index in [2.05, 4.69) is 36.1 Å². The Morgan fingerprint density at radius 1 is 1.23 bits per heavy atom. The van der Waals surface area contributed by atoms with Crippen molar-refractivity contribution in [3.63, 3.8) is 0 Å². The van der Waals surface area contributed by atoms with E-state index in [4.69, 9.17) is 0 Å². The van der Waals surface area contributed by atoms with Crippen molar-refractivity contribution in [3.05, 3.63) is 28.8 Å². The Labute approximate surface area is 134 Å². The van der Waals surface area contributed by atoms with Crippen LogP contribution in [0, 0.1) is 0 Å². The summed E-state index contributed by atoms with van der Waals surface area (Å²) in [5.74, 6) is 0. The molecule has 1 aliphatic rings. The zero-order valence-electron chi connectivity index (χ0n) is 13.3. The fourth-order valence-corrected chi connectivity index (χ4v) is 3.81. The lowest BCUT2D eigenvalue weighted by molar-refractivity contribution is 0.367. The first-order valence-corrected chi connectivity index (χ1v) is 8.53. The first-order chi connectivity index (χ1) is 10.4. The quantitative estimate of drug-likeness (QED) is 0.863. The number of hydrogen-bond acceptors (Lipinski definition) is 5. The first kappa shape index (κ1) is 15.5. The Hall–Kier alpha value is -1.40. The average Bonchev–Trinajstić information content (AvgIpc) is 2.46. The standard InChI is InChI=1S/C16H22N4OS/c1-16(2,3)22-12-8-13-15(19-9-12)20(14(21)10-18-13)11-4-6-17-7-5-11/h8-11,17H,4-7H2,1-3H3. The third-order valence-electron chi connectivity index (χ3n) is 3.70. The number of thioether (sulfide) groups is 1. The number of nitrogens with one attached hydrogen (secondary N) is 1. The van der Waals surface area contributed by atoms with Crippen molar-refractivity contribution in [1.82, 2.24) is 19.9 Å². The maximum absolute atomic E-state index is 12.3. The summed E-state index contributed by atoms with van der Waals surface area (Å²) >= 11 is 1.76. The van der Waals surface area contributed by atoms with Crippen molar-refractivity contribution in [3.8, 4) is 0 Å². The number of fused-ring (bicyclic) bond motifs is 1. The molecule has 0 atom stereocenters. The van der Waals surface area contributed by atoms with E-state index in [9.17, 15) is 4.79 Å². The normalized spacial score (nSPS) is 17.0. The summed E-state index contributed by atoms with van der Waals surface area (Å²) in [6, 6.07) is 2.25. The summed E-state index contributed by atoms with van der Waals surface area (Å²) in [6.45, 7) is 8.40. The highest BCUT2D eigenvalue weighted by molar-refractivity contribution is 8.00. The van der Waals surface area contributed by atoms with E-state index in [-0.39, 0.29) is 16.3 Å². The van der Waals surface area contributed by atoms with Gasteiger partial charge in [0.1, 0.15) is 5.52 Å². The Kier molecular flexibility index (Phi) is 4.23. The number of hydrogen-bond donors (Lipinski definition) is 1. The second-order valence-corrected chi connectivity index (χ2v) is 8.58. The predicted molar refractivity (Wildman–Crippen MR) is 90.5 cm³/mol. The zero-order chi connectivity index (χ0) is 15.7. The second kappa shape index (κ2) is 6.01. The van der Waals surface area contributed by atoms with Gasteiger partial charge in [-0.3, -0.25) is 9.36 Å². The van der Waals surface area contributed by atoms with Gasteiger partial charge >= 0.3 is 0 Å². The lowest BCUT2D eigenvalue weighted by atomic mass is 10.1. The molecule has 0 saturated carbocycles. The third kappa shape index (κ3) is 3.33. The minimum Gasteiger partial charge on any atom is -0.317 e. The number of nitrogens with zero attached hydrogens (tertiary/aromatic N) is 3. The van der Waals surface area contributed by atoms with Gasteiger partial charge in [-0.1, -0.05) is 20.8 Å². The molecule has 6 heteroatoms. The minimum atomic E-state index is -0.0527. The second-order valence-electron chi connectivity index (χ2n) is 6.68. The largest absolute Gasteiger partial charge is 0.317 e. The summed E-state index contributed by atoms with van der Waals surface area (Å²) in [7, 11) is 0. The molecule has 3 heterocycles. The Balaban J connectivity index is 2.05. The van der Waals surface area contributed by atoms with Crippen LogP contribution in [-0.4, -0.2) is 32.4 Å². The summed E-state index contributed by atoms with van der Waals surface area (Å²) in [5.41, 5.74) is 1.45. The van der Waals surface area contributed by atoms with Crippen LogP contribution in [0.5, 0.6) is 0 Å². The van der Waals surface area contributed by atoms with Crippen LogP contribution in [0.4, 0.5) is 0 Å². The number of rotatable bonds is 2. The molecule has 0 aliphatic carbocycles. The van der Waals surface area contributed by atoms with Crippen LogP contribution in [0.1, 0.15) is 39.7 Å². The molecule has 2 aromatic heterocycles. The van der Waals surface area contributed by atoms with Gasteiger partial charge in [0, 0.05) is 21.9 Å². The van der Waals surface area contributed by atoms with Gasteiger partial charge < -0.3 is 5.32 Å². The molecule has 118 valence electrons. The Morgan fingerprint density at radius 2 is 1.95 bits per heavy atom. The SMILES string of the molecule is CC(C)(C)Sc1cnc2c(c1)ncc(=O)n2C1CCNCC1. The van der Waals surface area contributed by atoms with Gasteiger partial charge in [-0.15, -0.1) is 11.8 Å². The highest BCUT2D eigenvalue weighted by atomic mass is 32.2. The average molecular weight is 318 g/mol. The highest BCUT2D eigenvalue weighted by Crippen LogP contribution is 2.32. The van der Waals surface area contributed by atoms with Gasteiger partial charge in [-0.05, 0) is 32.0 Å². The maximum Gasteiger partial charge on any atom is 0.270 e. The molecule has 0 bridgehead atoms. The molecule has 0 radical (unpaired) electrons. The fraction of sp³-hybridized carbons (Fsp3) is 0.562. The fourth-order valence-electron chi connectivity index (χ4n) is 2.83.